The lowest BCUT2D eigenvalue weighted by Crippen LogP contribution is -2.37. The Labute approximate surface area is 80.6 Å². The monoisotopic (exact) mass is 184 g/mol. The van der Waals surface area contributed by atoms with Crippen LogP contribution in [0, 0.1) is 5.41 Å². The Bertz CT molecular complexity index is 153. The second-order valence-corrected chi connectivity index (χ2v) is 3.55. The van der Waals surface area contributed by atoms with Crippen molar-refractivity contribution in [2.24, 2.45) is 0 Å². The van der Waals surface area contributed by atoms with Crippen molar-refractivity contribution in [1.82, 2.24) is 4.90 Å². The average molecular weight is 184 g/mol. The normalized spacial score (nSPS) is 17.5. The van der Waals surface area contributed by atoms with Gasteiger partial charge < -0.3 is 9.64 Å². The molecule has 0 unspecified atom stereocenters. The van der Waals surface area contributed by atoms with Crippen LogP contribution >= 0.6 is 0 Å². The Balaban J connectivity index is 2.13. The Hall–Kier alpha value is -0.570. The summed E-state index contributed by atoms with van der Waals surface area (Å²) in [6, 6.07) is 0. The second kappa shape index (κ2) is 5.97. The quantitative estimate of drug-likeness (QED) is 0.411. The van der Waals surface area contributed by atoms with Gasteiger partial charge in [-0.05, 0) is 25.7 Å². The van der Waals surface area contributed by atoms with Gasteiger partial charge in [-0.15, -0.1) is 0 Å². The molecule has 0 aromatic carbocycles. The standard InChI is InChI=1S/C10H20N2O/c1-2-8-13-9-10(11)12-6-4-3-5-7-12/h11H,2-9H2,1H3. The van der Waals surface area contributed by atoms with E-state index in [1.165, 1.54) is 19.3 Å². The van der Waals surface area contributed by atoms with E-state index in [9.17, 15) is 0 Å². The summed E-state index contributed by atoms with van der Waals surface area (Å²) in [5.41, 5.74) is 0. The van der Waals surface area contributed by atoms with Crippen LogP contribution in [0.1, 0.15) is 32.6 Å². The highest BCUT2D eigenvalue weighted by Crippen LogP contribution is 2.08. The first-order chi connectivity index (χ1) is 6.34. The van der Waals surface area contributed by atoms with Gasteiger partial charge in [0.2, 0.25) is 0 Å². The summed E-state index contributed by atoms with van der Waals surface area (Å²) < 4.78 is 5.33. The van der Waals surface area contributed by atoms with E-state index in [2.05, 4.69) is 11.8 Å². The SMILES string of the molecule is CCCOCC(=N)N1CCCCC1. The summed E-state index contributed by atoms with van der Waals surface area (Å²) in [5.74, 6) is 0.660. The van der Waals surface area contributed by atoms with Crippen LogP contribution < -0.4 is 0 Å². The van der Waals surface area contributed by atoms with E-state index in [4.69, 9.17) is 10.1 Å². The molecule has 0 spiro atoms. The molecule has 0 saturated carbocycles. The highest BCUT2D eigenvalue weighted by atomic mass is 16.5. The Kier molecular flexibility index (Phi) is 4.83. The van der Waals surface area contributed by atoms with Gasteiger partial charge in [0.1, 0.15) is 12.4 Å². The van der Waals surface area contributed by atoms with Crippen molar-refractivity contribution in [3.8, 4) is 0 Å². The highest BCUT2D eigenvalue weighted by Gasteiger charge is 2.12. The lowest BCUT2D eigenvalue weighted by Gasteiger charge is -2.28. The molecule has 1 saturated heterocycles. The van der Waals surface area contributed by atoms with Crippen molar-refractivity contribution in [1.29, 1.82) is 5.41 Å². The maximum Gasteiger partial charge on any atom is 0.122 e. The Morgan fingerprint density at radius 1 is 1.31 bits per heavy atom. The van der Waals surface area contributed by atoms with Crippen LogP contribution in [-0.2, 0) is 4.74 Å². The molecule has 1 fully saturated rings. The molecule has 1 aliphatic rings. The molecular weight excluding hydrogens is 164 g/mol. The number of hydrogen-bond donors (Lipinski definition) is 1. The summed E-state index contributed by atoms with van der Waals surface area (Å²) in [6.45, 7) is 5.46. The fraction of sp³-hybridized carbons (Fsp3) is 0.900. The van der Waals surface area contributed by atoms with Gasteiger partial charge in [0, 0.05) is 19.7 Å². The zero-order chi connectivity index (χ0) is 9.52. The molecule has 3 nitrogen and oxygen atoms in total. The first-order valence-electron chi connectivity index (χ1n) is 5.24. The van der Waals surface area contributed by atoms with Crippen LogP contribution in [0.15, 0.2) is 0 Å². The van der Waals surface area contributed by atoms with Crippen molar-refractivity contribution in [2.45, 2.75) is 32.6 Å². The van der Waals surface area contributed by atoms with Crippen LogP contribution in [0.3, 0.4) is 0 Å². The molecule has 0 aliphatic carbocycles. The second-order valence-electron chi connectivity index (χ2n) is 3.55. The molecule has 0 bridgehead atoms. The Morgan fingerprint density at radius 2 is 2.00 bits per heavy atom. The molecule has 76 valence electrons. The van der Waals surface area contributed by atoms with Gasteiger partial charge in [-0.2, -0.15) is 0 Å². The summed E-state index contributed by atoms with van der Waals surface area (Å²) in [5, 5.41) is 7.76. The highest BCUT2D eigenvalue weighted by molar-refractivity contribution is 5.80. The molecule has 1 heterocycles. The fourth-order valence-electron chi connectivity index (χ4n) is 1.57. The molecule has 0 amide bonds. The maximum atomic E-state index is 7.76. The van der Waals surface area contributed by atoms with E-state index in [-0.39, 0.29) is 0 Å². The lowest BCUT2D eigenvalue weighted by atomic mass is 10.1. The minimum Gasteiger partial charge on any atom is -0.374 e. The van der Waals surface area contributed by atoms with Gasteiger partial charge in [0.25, 0.3) is 0 Å². The van der Waals surface area contributed by atoms with E-state index >= 15 is 0 Å². The van der Waals surface area contributed by atoms with E-state index in [1.807, 2.05) is 0 Å². The summed E-state index contributed by atoms with van der Waals surface area (Å²) in [4.78, 5) is 2.14. The van der Waals surface area contributed by atoms with Crippen LogP contribution in [0.4, 0.5) is 0 Å². The van der Waals surface area contributed by atoms with Crippen LogP contribution in [0.25, 0.3) is 0 Å². The molecule has 0 atom stereocenters. The minimum absolute atomic E-state index is 0.494. The maximum absolute atomic E-state index is 7.76. The van der Waals surface area contributed by atoms with Gasteiger partial charge in [-0.25, -0.2) is 0 Å². The van der Waals surface area contributed by atoms with Crippen molar-refractivity contribution in [3.05, 3.63) is 0 Å². The third-order valence-corrected chi connectivity index (χ3v) is 2.33. The van der Waals surface area contributed by atoms with Crippen molar-refractivity contribution in [3.63, 3.8) is 0 Å². The number of likely N-dealkylation sites (tertiary alicyclic amines) is 1. The number of ether oxygens (including phenoxy) is 1. The molecule has 0 radical (unpaired) electrons. The smallest absolute Gasteiger partial charge is 0.122 e. The van der Waals surface area contributed by atoms with Crippen LogP contribution in [0.5, 0.6) is 0 Å². The number of nitrogens with zero attached hydrogens (tertiary/aromatic N) is 1. The zero-order valence-corrected chi connectivity index (χ0v) is 8.51. The predicted molar refractivity (Wildman–Crippen MR) is 54.3 cm³/mol. The minimum atomic E-state index is 0.494. The number of piperidine rings is 1. The van der Waals surface area contributed by atoms with Gasteiger partial charge in [-0.1, -0.05) is 6.92 Å². The van der Waals surface area contributed by atoms with Gasteiger partial charge >= 0.3 is 0 Å². The molecule has 3 heteroatoms. The van der Waals surface area contributed by atoms with E-state index in [0.717, 1.165) is 26.1 Å². The molecule has 1 N–H and O–H groups in total. The summed E-state index contributed by atoms with van der Waals surface area (Å²) in [7, 11) is 0. The van der Waals surface area contributed by atoms with Crippen LogP contribution in [0.2, 0.25) is 0 Å². The average Bonchev–Trinajstić information content (AvgIpc) is 2.19. The third kappa shape index (κ3) is 3.77. The third-order valence-electron chi connectivity index (χ3n) is 2.33. The molecule has 0 aromatic heterocycles. The molecular formula is C10H20N2O. The predicted octanol–water partition coefficient (Wildman–Crippen LogP) is 1.88. The molecule has 13 heavy (non-hydrogen) atoms. The molecule has 0 aromatic rings. The fourth-order valence-corrected chi connectivity index (χ4v) is 1.57. The van der Waals surface area contributed by atoms with Gasteiger partial charge in [0.05, 0.1) is 0 Å². The molecule has 1 rings (SSSR count). The number of nitrogens with one attached hydrogen (secondary N) is 1. The van der Waals surface area contributed by atoms with E-state index in [1.54, 1.807) is 0 Å². The number of rotatable bonds is 4. The largest absolute Gasteiger partial charge is 0.374 e. The van der Waals surface area contributed by atoms with E-state index in [0.29, 0.717) is 12.4 Å². The van der Waals surface area contributed by atoms with Gasteiger partial charge in [-0.3, -0.25) is 5.41 Å². The lowest BCUT2D eigenvalue weighted by molar-refractivity contribution is 0.160. The number of amidine groups is 1. The summed E-state index contributed by atoms with van der Waals surface area (Å²) in [6.07, 6.45) is 4.82. The molecule has 1 aliphatic heterocycles. The number of hydrogen-bond acceptors (Lipinski definition) is 2. The van der Waals surface area contributed by atoms with Crippen LogP contribution in [-0.4, -0.2) is 37.0 Å². The van der Waals surface area contributed by atoms with Gasteiger partial charge in [0.15, 0.2) is 0 Å². The van der Waals surface area contributed by atoms with E-state index < -0.39 is 0 Å². The Morgan fingerprint density at radius 3 is 2.62 bits per heavy atom. The topological polar surface area (TPSA) is 36.3 Å². The summed E-state index contributed by atoms with van der Waals surface area (Å²) >= 11 is 0. The first-order valence-corrected chi connectivity index (χ1v) is 5.24. The zero-order valence-electron chi connectivity index (χ0n) is 8.51. The van der Waals surface area contributed by atoms with Crippen molar-refractivity contribution < 1.29 is 4.74 Å². The van der Waals surface area contributed by atoms with Crippen molar-refractivity contribution in [2.75, 3.05) is 26.3 Å². The first kappa shape index (κ1) is 10.5. The van der Waals surface area contributed by atoms with Crippen molar-refractivity contribution >= 4 is 5.84 Å².